The van der Waals surface area contributed by atoms with Crippen LogP contribution in [0.4, 0.5) is 0 Å². The summed E-state index contributed by atoms with van der Waals surface area (Å²) in [6.07, 6.45) is 19.6. The third-order valence-electron chi connectivity index (χ3n) is 4.47. The van der Waals surface area contributed by atoms with Gasteiger partial charge in [-0.1, -0.05) is 44.8 Å². The van der Waals surface area contributed by atoms with Crippen molar-refractivity contribution in [1.82, 2.24) is 0 Å². The summed E-state index contributed by atoms with van der Waals surface area (Å²) in [5.41, 5.74) is 0. The molecule has 0 aliphatic carbocycles. The highest BCUT2D eigenvalue weighted by molar-refractivity contribution is 5.66. The number of carbonyl (C=O) groups is 1. The third-order valence-corrected chi connectivity index (χ3v) is 4.47. The van der Waals surface area contributed by atoms with Crippen LogP contribution in [0.2, 0.25) is 0 Å². The lowest BCUT2D eigenvalue weighted by Gasteiger charge is -1.98. The fourth-order valence-corrected chi connectivity index (χ4v) is 2.93. The number of carboxylic acid groups (broad SMARTS) is 1. The molecule has 0 aromatic carbocycles. The summed E-state index contributed by atoms with van der Waals surface area (Å²) in [7, 11) is 0. The molecule has 0 aliphatic rings. The highest BCUT2D eigenvalue weighted by atomic mass is 16.4. The van der Waals surface area contributed by atoms with Gasteiger partial charge in [-0.2, -0.15) is 0 Å². The van der Waals surface area contributed by atoms with Gasteiger partial charge in [0.25, 0.3) is 0 Å². The van der Waals surface area contributed by atoms with Gasteiger partial charge in [0.1, 0.15) is 11.5 Å². The molecule has 1 heterocycles. The normalized spacial score (nSPS) is 11.4. The quantitative estimate of drug-likeness (QED) is 0.267. The lowest BCUT2D eigenvalue weighted by molar-refractivity contribution is -0.137. The Bertz CT molecular complexity index is 473. The number of aryl methyl sites for hydroxylation is 2. The Morgan fingerprint density at radius 3 is 2.04 bits per heavy atom. The number of carboxylic acids is 1. The molecule has 0 spiro atoms. The Morgan fingerprint density at radius 2 is 1.44 bits per heavy atom. The van der Waals surface area contributed by atoms with Crippen LogP contribution in [-0.4, -0.2) is 11.1 Å². The highest BCUT2D eigenvalue weighted by Crippen LogP contribution is 2.14. The van der Waals surface area contributed by atoms with Crippen LogP contribution in [0.15, 0.2) is 28.7 Å². The van der Waals surface area contributed by atoms with Crippen LogP contribution in [0.1, 0.15) is 95.5 Å². The molecule has 0 saturated carbocycles. The molecule has 0 bridgehead atoms. The molecule has 0 fully saturated rings. The van der Waals surface area contributed by atoms with Crippen molar-refractivity contribution in [3.63, 3.8) is 0 Å². The number of unbranched alkanes of at least 4 members (excludes halogenated alkanes) is 8. The third kappa shape index (κ3) is 12.5. The van der Waals surface area contributed by atoms with Crippen LogP contribution >= 0.6 is 0 Å². The summed E-state index contributed by atoms with van der Waals surface area (Å²) in [5, 5.41) is 8.56. The molecule has 25 heavy (non-hydrogen) atoms. The molecular weight excluding hydrogens is 312 g/mol. The first-order valence-electron chi connectivity index (χ1n) is 10.2. The maximum absolute atomic E-state index is 10.4. The summed E-state index contributed by atoms with van der Waals surface area (Å²) >= 11 is 0. The molecule has 0 radical (unpaired) electrons. The second-order valence-corrected chi connectivity index (χ2v) is 6.89. The number of aliphatic carboxylic acids is 1. The van der Waals surface area contributed by atoms with Crippen molar-refractivity contribution in [1.29, 1.82) is 0 Å². The Labute approximate surface area is 153 Å². The minimum atomic E-state index is -0.679. The van der Waals surface area contributed by atoms with E-state index in [0.717, 1.165) is 56.5 Å². The SMILES string of the molecule is CCCCCc1ccc(CCCC/C=C\CCCCCCC(=O)O)o1. The second-order valence-electron chi connectivity index (χ2n) is 6.89. The molecule has 3 heteroatoms. The summed E-state index contributed by atoms with van der Waals surface area (Å²) in [6.45, 7) is 2.23. The van der Waals surface area contributed by atoms with E-state index in [4.69, 9.17) is 9.52 Å². The average Bonchev–Trinajstić information content (AvgIpc) is 3.03. The number of hydrogen-bond acceptors (Lipinski definition) is 2. The van der Waals surface area contributed by atoms with E-state index >= 15 is 0 Å². The smallest absolute Gasteiger partial charge is 0.303 e. The van der Waals surface area contributed by atoms with E-state index in [9.17, 15) is 4.79 Å². The first kappa shape index (κ1) is 21.5. The Balaban J connectivity index is 1.93. The predicted molar refractivity (Wildman–Crippen MR) is 104 cm³/mol. The van der Waals surface area contributed by atoms with Gasteiger partial charge in [0, 0.05) is 19.3 Å². The molecule has 142 valence electrons. The largest absolute Gasteiger partial charge is 0.481 e. The maximum atomic E-state index is 10.4. The van der Waals surface area contributed by atoms with Crippen molar-refractivity contribution in [3.05, 3.63) is 35.8 Å². The molecule has 1 aromatic rings. The topological polar surface area (TPSA) is 50.4 Å². The van der Waals surface area contributed by atoms with Gasteiger partial charge in [-0.3, -0.25) is 4.79 Å². The summed E-state index contributed by atoms with van der Waals surface area (Å²) in [6, 6.07) is 4.28. The summed E-state index contributed by atoms with van der Waals surface area (Å²) < 4.78 is 5.88. The molecule has 1 rings (SSSR count). The van der Waals surface area contributed by atoms with Gasteiger partial charge in [-0.15, -0.1) is 0 Å². The van der Waals surface area contributed by atoms with Crippen LogP contribution in [0.5, 0.6) is 0 Å². The minimum absolute atomic E-state index is 0.311. The molecule has 0 saturated heterocycles. The molecule has 0 amide bonds. The first-order valence-corrected chi connectivity index (χ1v) is 10.2. The van der Waals surface area contributed by atoms with Crippen molar-refractivity contribution in [2.75, 3.05) is 0 Å². The van der Waals surface area contributed by atoms with Crippen molar-refractivity contribution in [3.8, 4) is 0 Å². The zero-order valence-corrected chi connectivity index (χ0v) is 16.0. The van der Waals surface area contributed by atoms with Gasteiger partial charge in [0.2, 0.25) is 0 Å². The summed E-state index contributed by atoms with van der Waals surface area (Å²) in [5.74, 6) is 1.60. The molecule has 1 aromatic heterocycles. The monoisotopic (exact) mass is 348 g/mol. The van der Waals surface area contributed by atoms with Crippen LogP contribution in [-0.2, 0) is 17.6 Å². The van der Waals surface area contributed by atoms with Crippen molar-refractivity contribution >= 4 is 5.97 Å². The summed E-state index contributed by atoms with van der Waals surface area (Å²) in [4.78, 5) is 10.4. The standard InChI is InChI=1S/C22H36O3/c1-2-3-12-15-20-18-19-21(25-20)16-13-10-8-6-4-5-7-9-11-14-17-22(23)24/h4,6,18-19H,2-3,5,7-17H2,1H3,(H,23,24)/b6-4-. The van der Waals surface area contributed by atoms with Crippen LogP contribution in [0.3, 0.4) is 0 Å². The van der Waals surface area contributed by atoms with E-state index in [-0.39, 0.29) is 0 Å². The molecular formula is C22H36O3. The van der Waals surface area contributed by atoms with Gasteiger partial charge in [-0.25, -0.2) is 0 Å². The van der Waals surface area contributed by atoms with Gasteiger partial charge in [0.05, 0.1) is 0 Å². The van der Waals surface area contributed by atoms with E-state index in [1.165, 1.54) is 38.5 Å². The fraction of sp³-hybridized carbons (Fsp3) is 0.682. The van der Waals surface area contributed by atoms with Gasteiger partial charge >= 0.3 is 5.97 Å². The lowest BCUT2D eigenvalue weighted by atomic mass is 10.1. The predicted octanol–water partition coefficient (Wildman–Crippen LogP) is 6.71. The van der Waals surface area contributed by atoms with E-state index < -0.39 is 5.97 Å². The van der Waals surface area contributed by atoms with Crippen LogP contribution in [0, 0.1) is 0 Å². The van der Waals surface area contributed by atoms with E-state index in [2.05, 4.69) is 31.2 Å². The number of furan rings is 1. The van der Waals surface area contributed by atoms with E-state index in [0.29, 0.717) is 6.42 Å². The highest BCUT2D eigenvalue weighted by Gasteiger charge is 2.01. The molecule has 0 atom stereocenters. The maximum Gasteiger partial charge on any atom is 0.303 e. The van der Waals surface area contributed by atoms with Gasteiger partial charge < -0.3 is 9.52 Å². The molecule has 3 nitrogen and oxygen atoms in total. The first-order chi connectivity index (χ1) is 12.2. The fourth-order valence-electron chi connectivity index (χ4n) is 2.93. The lowest BCUT2D eigenvalue weighted by Crippen LogP contribution is -1.93. The van der Waals surface area contributed by atoms with Crippen molar-refractivity contribution < 1.29 is 14.3 Å². The minimum Gasteiger partial charge on any atom is -0.481 e. The molecule has 0 unspecified atom stereocenters. The Kier molecular flexibility index (Phi) is 12.7. The van der Waals surface area contributed by atoms with Crippen LogP contribution < -0.4 is 0 Å². The average molecular weight is 349 g/mol. The van der Waals surface area contributed by atoms with Gasteiger partial charge in [0.15, 0.2) is 0 Å². The zero-order valence-electron chi connectivity index (χ0n) is 16.0. The van der Waals surface area contributed by atoms with E-state index in [1.54, 1.807) is 0 Å². The second kappa shape index (κ2) is 14.8. The Morgan fingerprint density at radius 1 is 0.880 bits per heavy atom. The molecule has 0 aliphatic heterocycles. The van der Waals surface area contributed by atoms with E-state index in [1.807, 2.05) is 0 Å². The van der Waals surface area contributed by atoms with Gasteiger partial charge in [-0.05, 0) is 57.1 Å². The zero-order chi connectivity index (χ0) is 18.2. The van der Waals surface area contributed by atoms with Crippen molar-refractivity contribution in [2.24, 2.45) is 0 Å². The van der Waals surface area contributed by atoms with Crippen molar-refractivity contribution in [2.45, 2.75) is 96.8 Å². The number of hydrogen-bond donors (Lipinski definition) is 1. The Hall–Kier alpha value is -1.51. The van der Waals surface area contributed by atoms with Crippen LogP contribution in [0.25, 0.3) is 0 Å². The number of rotatable bonds is 16. The molecule has 1 N–H and O–H groups in total. The number of allylic oxidation sites excluding steroid dienone is 2.